The molecule has 3 nitrogen and oxygen atoms in total. The molecule has 0 aromatic heterocycles. The van der Waals surface area contributed by atoms with Crippen molar-refractivity contribution >= 4 is 39.7 Å². The minimum atomic E-state index is -0.927. The van der Waals surface area contributed by atoms with Crippen molar-refractivity contribution in [2.45, 2.75) is 6.92 Å². The average molecular weight is 286 g/mol. The van der Waals surface area contributed by atoms with Gasteiger partial charge in [0.05, 0.1) is 5.56 Å². The van der Waals surface area contributed by atoms with Crippen molar-refractivity contribution in [1.82, 2.24) is 0 Å². The van der Waals surface area contributed by atoms with Crippen LogP contribution in [0.4, 0.5) is 0 Å². The predicted molar refractivity (Wildman–Crippen MR) is 83.1 cm³/mol. The second-order valence-corrected chi connectivity index (χ2v) is 5.45. The SMILES string of the molecule is CC(=O)SCC=Cc1cccc2c(C(=O)O)cccc12. The predicted octanol–water partition coefficient (Wildman–Crippen LogP) is 3.83. The van der Waals surface area contributed by atoms with Gasteiger partial charge in [0.2, 0.25) is 0 Å². The van der Waals surface area contributed by atoms with Crippen molar-refractivity contribution in [2.75, 3.05) is 5.75 Å². The standard InChI is InChI=1S/C16H14O3S/c1-11(17)20-10-4-6-12-5-2-8-14-13(12)7-3-9-15(14)16(18)19/h2-9H,10H2,1H3,(H,18,19). The highest BCUT2D eigenvalue weighted by atomic mass is 32.2. The summed E-state index contributed by atoms with van der Waals surface area (Å²) in [6.45, 7) is 1.54. The number of aromatic carboxylic acids is 1. The number of carboxylic acid groups (broad SMARTS) is 1. The Morgan fingerprint density at radius 2 is 1.85 bits per heavy atom. The van der Waals surface area contributed by atoms with Crippen molar-refractivity contribution in [2.24, 2.45) is 0 Å². The zero-order chi connectivity index (χ0) is 14.5. The minimum absolute atomic E-state index is 0.0840. The smallest absolute Gasteiger partial charge is 0.336 e. The quantitative estimate of drug-likeness (QED) is 0.928. The van der Waals surface area contributed by atoms with E-state index in [1.54, 1.807) is 18.2 Å². The van der Waals surface area contributed by atoms with Crippen LogP contribution in [0.1, 0.15) is 22.8 Å². The molecule has 0 bridgehead atoms. The fraction of sp³-hybridized carbons (Fsp3) is 0.125. The van der Waals surface area contributed by atoms with Crippen LogP contribution in [0.15, 0.2) is 42.5 Å². The Morgan fingerprint density at radius 1 is 1.15 bits per heavy atom. The molecule has 0 atom stereocenters. The van der Waals surface area contributed by atoms with Crippen LogP contribution in [0.25, 0.3) is 16.8 Å². The van der Waals surface area contributed by atoms with Crippen LogP contribution in [0.2, 0.25) is 0 Å². The van der Waals surface area contributed by atoms with Crippen molar-refractivity contribution in [1.29, 1.82) is 0 Å². The molecule has 0 radical (unpaired) electrons. The topological polar surface area (TPSA) is 54.4 Å². The third kappa shape index (κ3) is 3.27. The number of hydrogen-bond acceptors (Lipinski definition) is 3. The van der Waals surface area contributed by atoms with Crippen molar-refractivity contribution in [3.05, 3.63) is 53.6 Å². The van der Waals surface area contributed by atoms with Crippen molar-refractivity contribution in [3.8, 4) is 0 Å². The summed E-state index contributed by atoms with van der Waals surface area (Å²) in [7, 11) is 0. The van der Waals surface area contributed by atoms with E-state index in [9.17, 15) is 14.7 Å². The number of carboxylic acids is 1. The fourth-order valence-electron chi connectivity index (χ4n) is 2.01. The summed E-state index contributed by atoms with van der Waals surface area (Å²) in [4.78, 5) is 22.1. The maximum absolute atomic E-state index is 11.2. The molecule has 4 heteroatoms. The first kappa shape index (κ1) is 14.3. The molecule has 0 unspecified atom stereocenters. The monoisotopic (exact) mass is 286 g/mol. The molecule has 2 aromatic rings. The highest BCUT2D eigenvalue weighted by molar-refractivity contribution is 8.13. The van der Waals surface area contributed by atoms with Gasteiger partial charge in [-0.05, 0) is 22.4 Å². The van der Waals surface area contributed by atoms with E-state index in [1.807, 2.05) is 30.4 Å². The zero-order valence-electron chi connectivity index (χ0n) is 11.0. The van der Waals surface area contributed by atoms with Crippen LogP contribution < -0.4 is 0 Å². The lowest BCUT2D eigenvalue weighted by Gasteiger charge is -2.05. The summed E-state index contributed by atoms with van der Waals surface area (Å²) in [5.41, 5.74) is 1.26. The van der Waals surface area contributed by atoms with Gasteiger partial charge in [0.1, 0.15) is 0 Å². The Hall–Kier alpha value is -2.07. The van der Waals surface area contributed by atoms with Gasteiger partial charge in [-0.1, -0.05) is 54.2 Å². The molecular weight excluding hydrogens is 272 g/mol. The molecule has 0 aliphatic rings. The number of thioether (sulfide) groups is 1. The molecule has 0 saturated carbocycles. The van der Waals surface area contributed by atoms with Gasteiger partial charge in [0.15, 0.2) is 5.12 Å². The summed E-state index contributed by atoms with van der Waals surface area (Å²) in [6, 6.07) is 10.8. The Bertz CT molecular complexity index is 689. The normalized spacial score (nSPS) is 11.1. The lowest BCUT2D eigenvalue weighted by Crippen LogP contribution is -1.97. The first-order valence-electron chi connectivity index (χ1n) is 6.14. The third-order valence-electron chi connectivity index (χ3n) is 2.87. The third-order valence-corrected chi connectivity index (χ3v) is 3.63. The second kappa shape index (κ2) is 6.39. The van der Waals surface area contributed by atoms with Gasteiger partial charge in [0.25, 0.3) is 0 Å². The molecule has 2 rings (SSSR count). The van der Waals surface area contributed by atoms with E-state index < -0.39 is 5.97 Å². The molecule has 0 amide bonds. The highest BCUT2D eigenvalue weighted by Crippen LogP contribution is 2.23. The van der Waals surface area contributed by atoms with Gasteiger partial charge < -0.3 is 5.11 Å². The number of carbonyl (C=O) groups is 2. The summed E-state index contributed by atoms with van der Waals surface area (Å²) < 4.78 is 0. The van der Waals surface area contributed by atoms with Crippen LogP contribution in [0, 0.1) is 0 Å². The molecule has 0 saturated heterocycles. The first-order chi connectivity index (χ1) is 9.59. The number of hydrogen-bond donors (Lipinski definition) is 1. The molecule has 0 spiro atoms. The highest BCUT2D eigenvalue weighted by Gasteiger charge is 2.08. The van der Waals surface area contributed by atoms with E-state index >= 15 is 0 Å². The largest absolute Gasteiger partial charge is 0.478 e. The molecule has 2 aromatic carbocycles. The van der Waals surface area contributed by atoms with Crippen LogP contribution >= 0.6 is 11.8 Å². The van der Waals surface area contributed by atoms with Crippen molar-refractivity contribution in [3.63, 3.8) is 0 Å². The maximum atomic E-state index is 11.2. The molecule has 0 aliphatic carbocycles. The second-order valence-electron chi connectivity index (χ2n) is 4.26. The van der Waals surface area contributed by atoms with Crippen LogP contribution in [-0.2, 0) is 4.79 Å². The van der Waals surface area contributed by atoms with E-state index in [-0.39, 0.29) is 5.12 Å². The lowest BCUT2D eigenvalue weighted by atomic mass is 10.00. The minimum Gasteiger partial charge on any atom is -0.478 e. The van der Waals surface area contributed by atoms with Gasteiger partial charge in [-0.2, -0.15) is 0 Å². The summed E-state index contributed by atoms with van der Waals surface area (Å²) >= 11 is 1.24. The van der Waals surface area contributed by atoms with E-state index in [0.29, 0.717) is 11.3 Å². The average Bonchev–Trinajstić information content (AvgIpc) is 2.42. The van der Waals surface area contributed by atoms with E-state index in [0.717, 1.165) is 16.3 Å². The Balaban J connectivity index is 2.38. The van der Waals surface area contributed by atoms with Crippen LogP contribution in [-0.4, -0.2) is 21.9 Å². The van der Waals surface area contributed by atoms with E-state index in [4.69, 9.17) is 0 Å². The molecule has 0 aliphatic heterocycles. The fourth-order valence-corrected chi connectivity index (χ4v) is 2.43. The van der Waals surface area contributed by atoms with Crippen LogP contribution in [0.3, 0.4) is 0 Å². The van der Waals surface area contributed by atoms with E-state index in [1.165, 1.54) is 18.7 Å². The number of fused-ring (bicyclic) bond motifs is 1. The molecule has 0 heterocycles. The molecule has 20 heavy (non-hydrogen) atoms. The van der Waals surface area contributed by atoms with Crippen LogP contribution in [0.5, 0.6) is 0 Å². The number of benzene rings is 2. The first-order valence-corrected chi connectivity index (χ1v) is 7.13. The summed E-state index contributed by atoms with van der Waals surface area (Å²) in [5, 5.41) is 10.9. The van der Waals surface area contributed by atoms with Gasteiger partial charge in [-0.15, -0.1) is 0 Å². The van der Waals surface area contributed by atoms with Gasteiger partial charge >= 0.3 is 5.97 Å². The molecule has 102 valence electrons. The van der Waals surface area contributed by atoms with E-state index in [2.05, 4.69) is 0 Å². The maximum Gasteiger partial charge on any atom is 0.336 e. The number of rotatable bonds is 4. The summed E-state index contributed by atoms with van der Waals surface area (Å²) in [6.07, 6.45) is 3.83. The van der Waals surface area contributed by atoms with Gasteiger partial charge in [-0.3, -0.25) is 4.79 Å². The Kier molecular flexibility index (Phi) is 4.58. The van der Waals surface area contributed by atoms with Gasteiger partial charge in [-0.25, -0.2) is 4.79 Å². The zero-order valence-corrected chi connectivity index (χ0v) is 11.8. The van der Waals surface area contributed by atoms with Crippen molar-refractivity contribution < 1.29 is 14.7 Å². The molecule has 1 N–H and O–H groups in total. The Labute approximate surface area is 121 Å². The van der Waals surface area contributed by atoms with Gasteiger partial charge in [0, 0.05) is 12.7 Å². The molecule has 0 fully saturated rings. The number of carbonyl (C=O) groups excluding carboxylic acids is 1. The summed E-state index contributed by atoms with van der Waals surface area (Å²) in [5.74, 6) is -0.312. The Morgan fingerprint density at radius 3 is 2.55 bits per heavy atom. The molecular formula is C16H14O3S. The lowest BCUT2D eigenvalue weighted by molar-refractivity contribution is -0.109.